The van der Waals surface area contributed by atoms with Crippen LogP contribution in [-0.2, 0) is 16.6 Å². The Kier molecular flexibility index (Phi) is 5.25. The molecule has 1 aromatic rings. The van der Waals surface area contributed by atoms with Crippen molar-refractivity contribution in [3.8, 4) is 5.75 Å². The highest BCUT2D eigenvalue weighted by molar-refractivity contribution is 5.85. The van der Waals surface area contributed by atoms with Crippen molar-refractivity contribution in [2.45, 2.75) is 50.7 Å². The maximum absolute atomic E-state index is 9.75. The van der Waals surface area contributed by atoms with Gasteiger partial charge in [-0.05, 0) is 36.1 Å². The van der Waals surface area contributed by atoms with E-state index in [4.69, 9.17) is 10.5 Å². The van der Waals surface area contributed by atoms with Gasteiger partial charge in [-0.1, -0.05) is 19.9 Å². The molecule has 4 heteroatoms. The molecule has 0 amide bonds. The zero-order valence-corrected chi connectivity index (χ0v) is 12.7. The van der Waals surface area contributed by atoms with Gasteiger partial charge < -0.3 is 15.6 Å². The summed E-state index contributed by atoms with van der Waals surface area (Å²) in [6.07, 6.45) is 2.80. The molecule has 1 aromatic carbocycles. The molecule has 19 heavy (non-hydrogen) atoms. The molecule has 1 aliphatic carbocycles. The highest BCUT2D eigenvalue weighted by Crippen LogP contribution is 2.43. The first kappa shape index (κ1) is 16.3. The van der Waals surface area contributed by atoms with Gasteiger partial charge in [0.05, 0.1) is 6.10 Å². The van der Waals surface area contributed by atoms with Crippen molar-refractivity contribution in [3.05, 3.63) is 29.3 Å². The third kappa shape index (κ3) is 2.47. The van der Waals surface area contributed by atoms with Crippen LogP contribution in [0.5, 0.6) is 5.75 Å². The molecule has 2 rings (SSSR count). The monoisotopic (exact) mass is 285 g/mol. The Morgan fingerprint density at radius 1 is 1.37 bits per heavy atom. The lowest BCUT2D eigenvalue weighted by Gasteiger charge is -2.46. The van der Waals surface area contributed by atoms with Gasteiger partial charge in [0.2, 0.25) is 0 Å². The second-order valence-electron chi connectivity index (χ2n) is 5.21. The number of halogens is 1. The highest BCUT2D eigenvalue weighted by atomic mass is 35.5. The first-order chi connectivity index (χ1) is 8.58. The zero-order valence-electron chi connectivity index (χ0n) is 11.8. The number of rotatable bonds is 3. The Hall–Kier alpha value is -0.770. The van der Waals surface area contributed by atoms with Crippen molar-refractivity contribution in [2.24, 2.45) is 5.73 Å². The van der Waals surface area contributed by atoms with Crippen LogP contribution in [0.2, 0.25) is 0 Å². The zero-order chi connectivity index (χ0) is 13.3. The number of fused-ring (bicyclic) bond motifs is 1. The summed E-state index contributed by atoms with van der Waals surface area (Å²) in [7, 11) is 1.73. The normalized spacial score (nSPS) is 24.4. The van der Waals surface area contributed by atoms with E-state index in [0.717, 1.165) is 19.3 Å². The lowest BCUT2D eigenvalue weighted by Crippen LogP contribution is -2.56. The standard InChI is InChI=1S/C15H23NO2.ClH/c1-4-15(5-2)12-9-11(17)7-6-10(12)8-13(18-3)14(15)16;/h6-7,9,13-14,17H,4-5,8,16H2,1-3H3;1H. The molecular weight excluding hydrogens is 262 g/mol. The SMILES string of the molecule is CCC1(CC)c2cc(O)ccc2CC(OC)C1N.Cl. The van der Waals surface area contributed by atoms with Crippen LogP contribution in [-0.4, -0.2) is 24.4 Å². The second kappa shape index (κ2) is 6.12. The third-order valence-corrected chi connectivity index (χ3v) is 4.65. The molecule has 0 aliphatic heterocycles. The van der Waals surface area contributed by atoms with Gasteiger partial charge >= 0.3 is 0 Å². The summed E-state index contributed by atoms with van der Waals surface area (Å²) in [4.78, 5) is 0. The molecule has 1 aliphatic rings. The summed E-state index contributed by atoms with van der Waals surface area (Å²) >= 11 is 0. The lowest BCUT2D eigenvalue weighted by molar-refractivity contribution is 0.0399. The molecule has 3 N–H and O–H groups in total. The van der Waals surface area contributed by atoms with Gasteiger partial charge in [-0.2, -0.15) is 0 Å². The fourth-order valence-corrected chi connectivity index (χ4v) is 3.42. The molecule has 0 radical (unpaired) electrons. The summed E-state index contributed by atoms with van der Waals surface area (Å²) in [5.74, 6) is 0.322. The summed E-state index contributed by atoms with van der Waals surface area (Å²) in [6, 6.07) is 5.61. The van der Waals surface area contributed by atoms with Crippen LogP contribution in [0, 0.1) is 0 Å². The minimum Gasteiger partial charge on any atom is -0.508 e. The van der Waals surface area contributed by atoms with Gasteiger partial charge in [-0.15, -0.1) is 12.4 Å². The molecule has 0 heterocycles. The van der Waals surface area contributed by atoms with Gasteiger partial charge in [0.25, 0.3) is 0 Å². The van der Waals surface area contributed by atoms with E-state index in [1.807, 2.05) is 12.1 Å². The number of phenolic OH excluding ortho intramolecular Hbond substituents is 1. The average Bonchev–Trinajstić information content (AvgIpc) is 2.39. The fraction of sp³-hybridized carbons (Fsp3) is 0.600. The van der Waals surface area contributed by atoms with E-state index < -0.39 is 0 Å². The van der Waals surface area contributed by atoms with Crippen LogP contribution in [0.4, 0.5) is 0 Å². The van der Waals surface area contributed by atoms with Crippen molar-refractivity contribution in [1.82, 2.24) is 0 Å². The Bertz CT molecular complexity index is 432. The maximum Gasteiger partial charge on any atom is 0.115 e. The van der Waals surface area contributed by atoms with E-state index >= 15 is 0 Å². The number of hydrogen-bond donors (Lipinski definition) is 2. The predicted octanol–water partition coefficient (Wildman–Crippen LogP) is 2.77. The van der Waals surface area contributed by atoms with E-state index in [1.54, 1.807) is 13.2 Å². The number of phenols is 1. The predicted molar refractivity (Wildman–Crippen MR) is 80.1 cm³/mol. The van der Waals surface area contributed by atoms with Crippen molar-refractivity contribution in [1.29, 1.82) is 0 Å². The molecule has 0 saturated heterocycles. The van der Waals surface area contributed by atoms with E-state index in [-0.39, 0.29) is 30.0 Å². The smallest absolute Gasteiger partial charge is 0.115 e. The van der Waals surface area contributed by atoms with Crippen LogP contribution in [0.1, 0.15) is 37.8 Å². The number of hydrogen-bond acceptors (Lipinski definition) is 3. The molecule has 0 spiro atoms. The topological polar surface area (TPSA) is 55.5 Å². The molecule has 0 aromatic heterocycles. The summed E-state index contributed by atoms with van der Waals surface area (Å²) in [5, 5.41) is 9.75. The van der Waals surface area contributed by atoms with E-state index in [0.29, 0.717) is 5.75 Å². The average molecular weight is 286 g/mol. The van der Waals surface area contributed by atoms with Crippen molar-refractivity contribution < 1.29 is 9.84 Å². The number of ether oxygens (including phenoxy) is 1. The molecule has 0 fully saturated rings. The number of aromatic hydroxyl groups is 1. The quantitative estimate of drug-likeness (QED) is 0.898. The van der Waals surface area contributed by atoms with Gasteiger partial charge in [-0.3, -0.25) is 0 Å². The largest absolute Gasteiger partial charge is 0.508 e. The molecule has 2 atom stereocenters. The minimum absolute atomic E-state index is 0. The van der Waals surface area contributed by atoms with Crippen LogP contribution < -0.4 is 5.73 Å². The van der Waals surface area contributed by atoms with Crippen molar-refractivity contribution in [2.75, 3.05) is 7.11 Å². The molecule has 3 nitrogen and oxygen atoms in total. The van der Waals surface area contributed by atoms with Crippen molar-refractivity contribution >= 4 is 12.4 Å². The van der Waals surface area contributed by atoms with Gasteiger partial charge in [0, 0.05) is 25.0 Å². The third-order valence-electron chi connectivity index (χ3n) is 4.65. The molecule has 0 saturated carbocycles. The summed E-state index contributed by atoms with van der Waals surface area (Å²) < 4.78 is 5.56. The Morgan fingerprint density at radius 2 is 2.00 bits per heavy atom. The summed E-state index contributed by atoms with van der Waals surface area (Å²) in [5.41, 5.74) is 8.81. The Labute approximate surface area is 121 Å². The van der Waals surface area contributed by atoms with Gasteiger partial charge in [0.1, 0.15) is 5.75 Å². The minimum atomic E-state index is -0.0903. The van der Waals surface area contributed by atoms with Gasteiger partial charge in [0.15, 0.2) is 0 Å². The van der Waals surface area contributed by atoms with E-state index in [9.17, 15) is 5.11 Å². The molecular formula is C15H24ClNO2. The van der Waals surface area contributed by atoms with E-state index in [2.05, 4.69) is 13.8 Å². The highest BCUT2D eigenvalue weighted by Gasteiger charge is 2.44. The number of benzene rings is 1. The van der Waals surface area contributed by atoms with Crippen LogP contribution >= 0.6 is 12.4 Å². The van der Waals surface area contributed by atoms with Crippen LogP contribution in [0.3, 0.4) is 0 Å². The first-order valence-electron chi connectivity index (χ1n) is 6.69. The maximum atomic E-state index is 9.75. The van der Waals surface area contributed by atoms with E-state index in [1.165, 1.54) is 11.1 Å². The van der Waals surface area contributed by atoms with Crippen LogP contribution in [0.25, 0.3) is 0 Å². The van der Waals surface area contributed by atoms with Crippen LogP contribution in [0.15, 0.2) is 18.2 Å². The molecule has 2 unspecified atom stereocenters. The lowest BCUT2D eigenvalue weighted by atomic mass is 9.63. The molecule has 0 bridgehead atoms. The number of nitrogens with two attached hydrogens (primary N) is 1. The summed E-state index contributed by atoms with van der Waals surface area (Å²) in [6.45, 7) is 4.32. The second-order valence-corrected chi connectivity index (χ2v) is 5.21. The Balaban J connectivity index is 0.00000180. The Morgan fingerprint density at radius 3 is 2.53 bits per heavy atom. The van der Waals surface area contributed by atoms with Crippen molar-refractivity contribution in [3.63, 3.8) is 0 Å². The fourth-order valence-electron chi connectivity index (χ4n) is 3.42. The van der Waals surface area contributed by atoms with Gasteiger partial charge in [-0.25, -0.2) is 0 Å². The number of methoxy groups -OCH3 is 1. The molecule has 108 valence electrons. The first-order valence-corrected chi connectivity index (χ1v) is 6.69.